The molecule has 0 heterocycles. The van der Waals surface area contributed by atoms with Crippen LogP contribution in [0.3, 0.4) is 0 Å². The van der Waals surface area contributed by atoms with Gasteiger partial charge in [-0.1, -0.05) is 164 Å². The van der Waals surface area contributed by atoms with E-state index in [9.17, 15) is 29.6 Å². The Labute approximate surface area is 342 Å². The first-order valence-corrected chi connectivity index (χ1v) is 23.4. The molecule has 5 atom stereocenters. The van der Waals surface area contributed by atoms with E-state index in [2.05, 4.69) is 25.2 Å². The van der Waals surface area contributed by atoms with Crippen LogP contribution in [0.2, 0.25) is 0 Å². The first-order valence-electron chi connectivity index (χ1n) is 21.9. The smallest absolute Gasteiger partial charge is 0.389 e. The number of nitrogens with one attached hydrogen (secondary N) is 1. The second-order valence-electron chi connectivity index (χ2n) is 16.1. The number of carbonyl (C=O) groups excluding carboxylic acids is 1. The van der Waals surface area contributed by atoms with Gasteiger partial charge in [0.25, 0.3) is 0 Å². The Bertz CT molecular complexity index is 1130. The van der Waals surface area contributed by atoms with E-state index in [1.807, 2.05) is 33.3 Å². The minimum absolute atomic E-state index is 0.0133. The lowest BCUT2D eigenvalue weighted by atomic mass is 10.0. The molecular weight excluding hydrogens is 727 g/mol. The summed E-state index contributed by atoms with van der Waals surface area (Å²) in [6, 6.07) is -0.962. The van der Waals surface area contributed by atoms with E-state index >= 15 is 0 Å². The van der Waals surface area contributed by atoms with Crippen molar-refractivity contribution in [3.8, 4) is 0 Å². The molecule has 0 aliphatic rings. The third-order valence-electron chi connectivity index (χ3n) is 9.42. The number of allylic oxidation sites excluding steroid dienone is 6. The zero-order valence-corrected chi connectivity index (χ0v) is 37.0. The van der Waals surface area contributed by atoms with Gasteiger partial charge in [0, 0.05) is 6.42 Å². The number of unbranched alkanes of at least 4 members (excludes halogenated alkanes) is 16. The van der Waals surface area contributed by atoms with Crippen LogP contribution in [0, 0.1) is 0 Å². The van der Waals surface area contributed by atoms with Crippen LogP contribution in [0.5, 0.6) is 0 Å². The highest BCUT2D eigenvalue weighted by Crippen LogP contribution is 2.43. The van der Waals surface area contributed by atoms with Crippen molar-refractivity contribution in [3.63, 3.8) is 0 Å². The predicted molar refractivity (Wildman–Crippen MR) is 233 cm³/mol. The summed E-state index contributed by atoms with van der Waals surface area (Å²) in [6.07, 6.45) is 39.1. The number of amides is 1. The van der Waals surface area contributed by atoms with E-state index in [-0.39, 0.29) is 18.9 Å². The van der Waals surface area contributed by atoms with Crippen molar-refractivity contribution in [2.75, 3.05) is 40.9 Å². The molecule has 0 aliphatic heterocycles. The molecule has 0 aliphatic carbocycles. The van der Waals surface area contributed by atoms with Crippen LogP contribution < -0.4 is 5.32 Å². The Morgan fingerprint density at radius 2 is 1.18 bits per heavy atom. The number of quaternary nitrogens is 1. The van der Waals surface area contributed by atoms with Crippen molar-refractivity contribution in [3.05, 3.63) is 60.8 Å². The number of hydrogen-bond donors (Lipinski definition) is 5. The zero-order valence-electron chi connectivity index (χ0n) is 36.1. The first kappa shape index (κ1) is 54.1. The van der Waals surface area contributed by atoms with Gasteiger partial charge in [-0.15, -0.1) is 0 Å². The van der Waals surface area contributed by atoms with Crippen molar-refractivity contribution < 1.29 is 43.1 Å². The largest absolute Gasteiger partial charge is 0.472 e. The minimum Gasteiger partial charge on any atom is -0.389 e. The number of rotatable bonds is 38. The molecular formula is C45H84N2O8P+. The zero-order chi connectivity index (χ0) is 41.8. The van der Waals surface area contributed by atoms with Gasteiger partial charge in [0.15, 0.2) is 0 Å². The minimum atomic E-state index is -4.41. The van der Waals surface area contributed by atoms with Gasteiger partial charge < -0.3 is 30.0 Å². The standard InChI is InChI=1S/C45H83N2O8P/c1-6-8-10-12-14-15-16-17-18-19-20-21-22-24-30-36-44(50)43(40-55-56(52,53)54-39-38-47(3,4)5)46-45(51)37-31-35-42(49)34-29-26-25-28-33-41(48)32-27-23-13-11-9-7-2/h23,25-30,33-34,36,41-44,48-50H,6-22,24,31-32,35,37-40H2,1-5H3,(H-,46,51,52,53)/p+1/b26-25+,27-23-,33-28+,34-29-,36-30+/t41-,42-,43-,44+/m0/s1. The van der Waals surface area contributed by atoms with Gasteiger partial charge in [0.05, 0.1) is 52.1 Å². The van der Waals surface area contributed by atoms with E-state index < -0.39 is 38.8 Å². The van der Waals surface area contributed by atoms with Crippen LogP contribution >= 0.6 is 7.82 Å². The second kappa shape index (κ2) is 36.2. The molecule has 0 aromatic carbocycles. The van der Waals surface area contributed by atoms with Crippen LogP contribution in [0.25, 0.3) is 0 Å². The molecule has 0 aromatic rings. The monoisotopic (exact) mass is 812 g/mol. The normalized spacial score (nSPS) is 16.1. The van der Waals surface area contributed by atoms with Gasteiger partial charge in [-0.3, -0.25) is 13.8 Å². The molecule has 0 bridgehead atoms. The number of likely N-dealkylation sites (N-methyl/N-ethyl adjacent to an activating group) is 1. The fraction of sp³-hybridized carbons (Fsp3) is 0.756. The Morgan fingerprint density at radius 1 is 0.661 bits per heavy atom. The summed E-state index contributed by atoms with van der Waals surface area (Å²) in [6.45, 7) is 4.53. The molecule has 0 saturated heterocycles. The molecule has 326 valence electrons. The summed E-state index contributed by atoms with van der Waals surface area (Å²) in [5.41, 5.74) is 0. The maximum Gasteiger partial charge on any atom is 0.472 e. The number of nitrogens with zero attached hydrogens (tertiary/aromatic N) is 1. The highest BCUT2D eigenvalue weighted by atomic mass is 31.2. The average molecular weight is 812 g/mol. The highest BCUT2D eigenvalue weighted by Gasteiger charge is 2.27. The molecule has 0 spiro atoms. The van der Waals surface area contributed by atoms with Gasteiger partial charge >= 0.3 is 7.82 Å². The summed E-state index contributed by atoms with van der Waals surface area (Å²) in [5, 5.41) is 34.1. The molecule has 56 heavy (non-hydrogen) atoms. The Balaban J connectivity index is 4.75. The Kier molecular flexibility index (Phi) is 35.0. The molecule has 0 radical (unpaired) electrons. The number of aliphatic hydroxyl groups is 3. The lowest BCUT2D eigenvalue weighted by Crippen LogP contribution is -2.45. The van der Waals surface area contributed by atoms with Crippen molar-refractivity contribution >= 4 is 13.7 Å². The van der Waals surface area contributed by atoms with Crippen LogP contribution in [0.1, 0.15) is 155 Å². The Hall–Kier alpha value is -1.88. The highest BCUT2D eigenvalue weighted by molar-refractivity contribution is 7.47. The number of hydrogen-bond acceptors (Lipinski definition) is 7. The molecule has 5 N–H and O–H groups in total. The van der Waals surface area contributed by atoms with E-state index in [1.165, 1.54) is 89.9 Å². The molecule has 0 rings (SSSR count). The van der Waals surface area contributed by atoms with E-state index in [4.69, 9.17) is 9.05 Å². The first-order chi connectivity index (χ1) is 26.8. The third-order valence-corrected chi connectivity index (χ3v) is 10.4. The molecule has 10 nitrogen and oxygen atoms in total. The van der Waals surface area contributed by atoms with Crippen molar-refractivity contribution in [2.24, 2.45) is 0 Å². The number of phosphoric acid groups is 1. The molecule has 1 unspecified atom stereocenters. The maximum atomic E-state index is 12.9. The molecule has 0 aromatic heterocycles. The van der Waals surface area contributed by atoms with Crippen molar-refractivity contribution in [1.29, 1.82) is 0 Å². The van der Waals surface area contributed by atoms with Crippen molar-refractivity contribution in [1.82, 2.24) is 5.32 Å². The fourth-order valence-electron chi connectivity index (χ4n) is 5.82. The topological polar surface area (TPSA) is 146 Å². The van der Waals surface area contributed by atoms with Gasteiger partial charge in [-0.05, 0) is 44.9 Å². The SMILES string of the molecule is CCCCC/C=C\C[C@H](O)/C=C/C=C/C=C\[C@H](O)CCCC(=O)N[C@@H](COP(=O)(O)OCC[N+](C)(C)C)[C@H](O)/C=C/CCCCCCCCCCCCCCC. The summed E-state index contributed by atoms with van der Waals surface area (Å²) < 4.78 is 23.4. The van der Waals surface area contributed by atoms with Crippen molar-refractivity contribution in [2.45, 2.75) is 179 Å². The van der Waals surface area contributed by atoms with Gasteiger partial charge in [0.1, 0.15) is 13.2 Å². The van der Waals surface area contributed by atoms with Crippen LogP contribution in [-0.4, -0.2) is 95.9 Å². The summed E-state index contributed by atoms with van der Waals surface area (Å²) in [5.74, 6) is -0.364. The summed E-state index contributed by atoms with van der Waals surface area (Å²) >= 11 is 0. The molecule has 1 amide bonds. The lowest BCUT2D eigenvalue weighted by molar-refractivity contribution is -0.870. The molecule has 0 fully saturated rings. The third kappa shape index (κ3) is 37.7. The van der Waals surface area contributed by atoms with E-state index in [0.717, 1.165) is 25.7 Å². The van der Waals surface area contributed by atoms with Gasteiger partial charge in [-0.2, -0.15) is 0 Å². The van der Waals surface area contributed by atoms with Gasteiger partial charge in [-0.25, -0.2) is 4.57 Å². The average Bonchev–Trinajstić information content (AvgIpc) is 3.13. The van der Waals surface area contributed by atoms with E-state index in [0.29, 0.717) is 30.3 Å². The summed E-state index contributed by atoms with van der Waals surface area (Å²) in [4.78, 5) is 23.1. The van der Waals surface area contributed by atoms with Gasteiger partial charge in [0.2, 0.25) is 5.91 Å². The quantitative estimate of drug-likeness (QED) is 0.0136. The van der Waals surface area contributed by atoms with Crippen LogP contribution in [0.15, 0.2) is 60.8 Å². The van der Waals surface area contributed by atoms with Crippen LogP contribution in [0.4, 0.5) is 0 Å². The number of carbonyl (C=O) groups is 1. The number of phosphoric ester groups is 1. The van der Waals surface area contributed by atoms with Crippen LogP contribution in [-0.2, 0) is 18.4 Å². The number of aliphatic hydroxyl groups excluding tert-OH is 3. The predicted octanol–water partition coefficient (Wildman–Crippen LogP) is 9.80. The molecule has 0 saturated carbocycles. The second-order valence-corrected chi connectivity index (χ2v) is 17.6. The lowest BCUT2D eigenvalue weighted by Gasteiger charge is -2.25. The van der Waals surface area contributed by atoms with E-state index in [1.54, 1.807) is 42.5 Å². The Morgan fingerprint density at radius 3 is 1.77 bits per heavy atom. The summed E-state index contributed by atoms with van der Waals surface area (Å²) in [7, 11) is 1.41. The fourth-order valence-corrected chi connectivity index (χ4v) is 6.56. The maximum absolute atomic E-state index is 12.9. The molecule has 11 heteroatoms.